The van der Waals surface area contributed by atoms with Crippen molar-refractivity contribution in [2.24, 2.45) is 0 Å². The molecule has 0 bridgehead atoms. The van der Waals surface area contributed by atoms with E-state index in [2.05, 4.69) is 16.4 Å². The minimum Gasteiger partial charge on any atom is -0.363 e. The third-order valence-corrected chi connectivity index (χ3v) is 6.89. The van der Waals surface area contributed by atoms with Gasteiger partial charge in [0.15, 0.2) is 0 Å². The Bertz CT molecular complexity index is 1130. The zero-order chi connectivity index (χ0) is 23.3. The number of ether oxygens (including phenoxy) is 1. The highest BCUT2D eigenvalue weighted by atomic mass is 32.1. The summed E-state index contributed by atoms with van der Waals surface area (Å²) in [6.07, 6.45) is 3.72. The molecule has 1 saturated heterocycles. The monoisotopic (exact) mass is 459 g/mol. The molecule has 1 aliphatic carbocycles. The lowest BCUT2D eigenvalue weighted by molar-refractivity contribution is -0.216. The fraction of sp³-hybridized carbons (Fsp3) is 0.458. The molecule has 2 aliphatic rings. The molecule has 0 radical (unpaired) electrons. The second kappa shape index (κ2) is 7.82. The topological polar surface area (TPSA) is 57.9 Å². The fourth-order valence-corrected chi connectivity index (χ4v) is 5.01. The second-order valence-electron chi connectivity index (χ2n) is 9.18. The summed E-state index contributed by atoms with van der Waals surface area (Å²) >= 11 is 5.18. The Hall–Kier alpha value is -2.50. The molecule has 168 valence electrons. The minimum atomic E-state index is -3.46. The van der Waals surface area contributed by atoms with Crippen LogP contribution < -0.4 is 5.32 Å². The Balaban J connectivity index is 1.71. The molecule has 4 rings (SSSR count). The molecule has 1 N–H and O–H groups in total. The van der Waals surface area contributed by atoms with Crippen molar-refractivity contribution < 1.29 is 17.9 Å². The van der Waals surface area contributed by atoms with Crippen molar-refractivity contribution in [2.45, 2.75) is 63.0 Å². The third kappa shape index (κ3) is 3.57. The van der Waals surface area contributed by atoms with Crippen molar-refractivity contribution in [3.8, 4) is 6.07 Å². The van der Waals surface area contributed by atoms with Crippen LogP contribution in [0, 0.1) is 17.1 Å². The van der Waals surface area contributed by atoms with Crippen LogP contribution in [-0.4, -0.2) is 28.1 Å². The van der Waals surface area contributed by atoms with Crippen LogP contribution >= 0.6 is 12.2 Å². The van der Waals surface area contributed by atoms with Crippen molar-refractivity contribution >= 4 is 17.2 Å². The van der Waals surface area contributed by atoms with Gasteiger partial charge in [-0.15, -0.1) is 0 Å². The largest absolute Gasteiger partial charge is 0.363 e. The quantitative estimate of drug-likeness (QED) is 0.659. The lowest BCUT2D eigenvalue weighted by Crippen LogP contribution is -2.62. The molecule has 32 heavy (non-hydrogen) atoms. The van der Waals surface area contributed by atoms with E-state index in [9.17, 15) is 4.39 Å². The highest BCUT2D eigenvalue weighted by Crippen LogP contribution is 2.48. The Morgan fingerprint density at radius 1 is 1.28 bits per heavy atom. The van der Waals surface area contributed by atoms with E-state index >= 15 is 8.78 Å². The Morgan fingerprint density at radius 2 is 2.03 bits per heavy atom. The van der Waals surface area contributed by atoms with E-state index in [1.807, 2.05) is 6.07 Å². The van der Waals surface area contributed by atoms with Crippen LogP contribution in [0.15, 0.2) is 30.5 Å². The van der Waals surface area contributed by atoms with Gasteiger partial charge in [-0.1, -0.05) is 24.4 Å². The van der Waals surface area contributed by atoms with Gasteiger partial charge in [0.05, 0.1) is 12.2 Å². The number of nitriles is 1. The Labute approximate surface area is 190 Å². The smallest absolute Gasteiger partial charge is 0.302 e. The van der Waals surface area contributed by atoms with Gasteiger partial charge < -0.3 is 10.1 Å². The van der Waals surface area contributed by atoms with Crippen molar-refractivity contribution in [3.05, 3.63) is 64.2 Å². The molecule has 0 amide bonds. The van der Waals surface area contributed by atoms with E-state index in [4.69, 9.17) is 22.2 Å². The van der Waals surface area contributed by atoms with Gasteiger partial charge in [-0.2, -0.15) is 5.26 Å². The van der Waals surface area contributed by atoms with Gasteiger partial charge in [0.25, 0.3) is 0 Å². The molecular formula is C24H24F3N3OS. The summed E-state index contributed by atoms with van der Waals surface area (Å²) in [5.41, 5.74) is -0.893. The van der Waals surface area contributed by atoms with Gasteiger partial charge in [0, 0.05) is 23.4 Å². The summed E-state index contributed by atoms with van der Waals surface area (Å²) in [5.74, 6) is -4.12. The molecule has 4 nitrogen and oxygen atoms in total. The highest BCUT2D eigenvalue weighted by molar-refractivity contribution is 7.80. The van der Waals surface area contributed by atoms with Gasteiger partial charge in [-0.05, 0) is 63.3 Å². The molecule has 1 aromatic carbocycles. The number of pyridine rings is 1. The van der Waals surface area contributed by atoms with Crippen molar-refractivity contribution in [2.75, 3.05) is 6.61 Å². The van der Waals surface area contributed by atoms with Crippen LogP contribution in [0.25, 0.3) is 0 Å². The summed E-state index contributed by atoms with van der Waals surface area (Å²) in [5, 5.41) is 11.8. The molecule has 1 fully saturated rings. The number of nitrogens with one attached hydrogen (secondary N) is 1. The summed E-state index contributed by atoms with van der Waals surface area (Å²) in [4.78, 5) is 4.55. The summed E-state index contributed by atoms with van der Waals surface area (Å²) < 4.78 is 51.7. The molecule has 8 heteroatoms. The van der Waals surface area contributed by atoms with E-state index in [1.54, 1.807) is 12.3 Å². The molecule has 1 aromatic heterocycles. The molecule has 0 spiro atoms. The number of aryl methyl sites for hydroxylation is 1. The van der Waals surface area contributed by atoms with Crippen LogP contribution in [0.4, 0.5) is 13.2 Å². The normalized spacial score (nSPS) is 26.0. The summed E-state index contributed by atoms with van der Waals surface area (Å²) in [7, 11) is 0. The van der Waals surface area contributed by atoms with E-state index in [1.165, 1.54) is 32.9 Å². The van der Waals surface area contributed by atoms with Gasteiger partial charge in [0.1, 0.15) is 28.0 Å². The number of benzene rings is 1. The van der Waals surface area contributed by atoms with Crippen LogP contribution in [0.1, 0.15) is 61.1 Å². The molecular weight excluding hydrogens is 435 g/mol. The van der Waals surface area contributed by atoms with Crippen molar-refractivity contribution in [1.29, 1.82) is 5.26 Å². The van der Waals surface area contributed by atoms with Crippen LogP contribution in [-0.2, 0) is 23.1 Å². The van der Waals surface area contributed by atoms with Gasteiger partial charge in [0.2, 0.25) is 0 Å². The second-order valence-corrected chi connectivity index (χ2v) is 9.67. The Kier molecular flexibility index (Phi) is 5.54. The molecule has 2 atom stereocenters. The molecule has 0 saturated carbocycles. The first-order valence-corrected chi connectivity index (χ1v) is 10.9. The number of thiocarbonyl (C=S) groups is 1. The molecule has 2 heterocycles. The molecule has 1 aliphatic heterocycles. The lowest BCUT2D eigenvalue weighted by atomic mass is 9.77. The predicted octanol–water partition coefficient (Wildman–Crippen LogP) is 4.94. The van der Waals surface area contributed by atoms with Crippen LogP contribution in [0.2, 0.25) is 0 Å². The first-order valence-electron chi connectivity index (χ1n) is 10.5. The van der Waals surface area contributed by atoms with Crippen molar-refractivity contribution in [3.63, 3.8) is 0 Å². The van der Waals surface area contributed by atoms with Crippen LogP contribution in [0.5, 0.6) is 0 Å². The number of hydrogen-bond acceptors (Lipinski definition) is 4. The number of rotatable bonds is 3. The maximum absolute atomic E-state index is 15.7. The summed E-state index contributed by atoms with van der Waals surface area (Å²) in [6.45, 7) is 3.69. The Morgan fingerprint density at radius 3 is 2.75 bits per heavy atom. The van der Waals surface area contributed by atoms with Gasteiger partial charge in [-0.3, -0.25) is 4.98 Å². The van der Waals surface area contributed by atoms with Gasteiger partial charge in [-0.25, -0.2) is 13.2 Å². The van der Waals surface area contributed by atoms with Crippen LogP contribution in [0.3, 0.4) is 0 Å². The average molecular weight is 460 g/mol. The lowest BCUT2D eigenvalue weighted by Gasteiger charge is -2.44. The van der Waals surface area contributed by atoms with E-state index < -0.39 is 22.9 Å². The standard InChI is InChI=1S/C24H24F3N3OS/c1-22(2)24(26,27)23(3,30-20(32)13-31-22)18-10-14(4-7-19(18)25)8-16-5-6-17-9-15(11-28)12-29-21(16)17/h4,7,9-10,12,16H,5-6,8,13H2,1-3H3,(H,30,32)/t16?,23-/m1/s1. The molecule has 1 unspecified atom stereocenters. The van der Waals surface area contributed by atoms with E-state index in [-0.39, 0.29) is 23.1 Å². The maximum atomic E-state index is 15.7. The van der Waals surface area contributed by atoms with E-state index in [0.29, 0.717) is 12.0 Å². The van der Waals surface area contributed by atoms with Crippen molar-refractivity contribution in [1.82, 2.24) is 10.3 Å². The summed E-state index contributed by atoms with van der Waals surface area (Å²) in [6, 6.07) is 8.30. The molecule has 2 aromatic rings. The SMILES string of the molecule is CC1(C)OCC(=S)N[C@](C)(c2cc(CC3CCc4cc(C#N)cnc43)ccc2F)C1(F)F. The third-order valence-electron chi connectivity index (χ3n) is 6.67. The first kappa shape index (κ1) is 22.7. The predicted molar refractivity (Wildman–Crippen MR) is 118 cm³/mol. The number of hydrogen-bond donors (Lipinski definition) is 1. The van der Waals surface area contributed by atoms with E-state index in [0.717, 1.165) is 29.7 Å². The number of nitrogens with zero attached hydrogens (tertiary/aromatic N) is 2. The maximum Gasteiger partial charge on any atom is 0.302 e. The first-order chi connectivity index (χ1) is 15.0. The zero-order valence-electron chi connectivity index (χ0n) is 18.1. The minimum absolute atomic E-state index is 0.0762. The fourth-order valence-electron chi connectivity index (χ4n) is 4.75. The number of halogens is 3. The van der Waals surface area contributed by atoms with Gasteiger partial charge >= 0.3 is 5.92 Å². The number of alkyl halides is 2. The zero-order valence-corrected chi connectivity index (χ0v) is 19.0. The highest BCUT2D eigenvalue weighted by Gasteiger charge is 2.64. The average Bonchev–Trinajstić information content (AvgIpc) is 3.12. The number of aromatic nitrogens is 1. The number of fused-ring (bicyclic) bond motifs is 1.